The Balaban J connectivity index is 1.09. The Morgan fingerprint density at radius 1 is 0.975 bits per heavy atom. The molecular formula is C30H36Cl2N4O4. The first-order chi connectivity index (χ1) is 19.4. The fourth-order valence-corrected chi connectivity index (χ4v) is 4.79. The van der Waals surface area contributed by atoms with Crippen LogP contribution in [0.1, 0.15) is 24.0 Å². The van der Waals surface area contributed by atoms with Gasteiger partial charge in [0.25, 0.3) is 0 Å². The number of ether oxygens (including phenoxy) is 1. The van der Waals surface area contributed by atoms with Gasteiger partial charge >= 0.3 is 6.03 Å². The number of carbonyl (C=O) groups is 1. The number of aliphatic hydroxyl groups is 1. The van der Waals surface area contributed by atoms with Crippen molar-refractivity contribution >= 4 is 34.9 Å². The van der Waals surface area contributed by atoms with Crippen LogP contribution in [0.3, 0.4) is 0 Å². The summed E-state index contributed by atoms with van der Waals surface area (Å²) in [6.45, 7) is 3.16. The number of halogens is 2. The van der Waals surface area contributed by atoms with Crippen molar-refractivity contribution < 1.29 is 19.7 Å². The normalized spacial score (nSPS) is 14.5. The highest BCUT2D eigenvalue weighted by Gasteiger charge is 2.22. The van der Waals surface area contributed by atoms with Gasteiger partial charge in [-0.25, -0.2) is 4.79 Å². The van der Waals surface area contributed by atoms with Crippen LogP contribution in [0.5, 0.6) is 11.5 Å². The van der Waals surface area contributed by atoms with E-state index in [2.05, 4.69) is 40.2 Å². The lowest BCUT2D eigenvalue weighted by atomic mass is 10.0. The summed E-state index contributed by atoms with van der Waals surface area (Å²) in [5, 5.41) is 30.2. The highest BCUT2D eigenvalue weighted by atomic mass is 35.5. The van der Waals surface area contributed by atoms with Crippen LogP contribution in [0, 0.1) is 0 Å². The number of rotatable bonds is 12. The molecule has 1 aliphatic rings. The van der Waals surface area contributed by atoms with Crippen LogP contribution in [0.4, 0.5) is 10.5 Å². The smallest absolute Gasteiger partial charge is 0.317 e. The summed E-state index contributed by atoms with van der Waals surface area (Å²) in [4.78, 5) is 14.4. The number of nitrogens with zero attached hydrogens (tertiary/aromatic N) is 1. The van der Waals surface area contributed by atoms with Crippen LogP contribution in [0.2, 0.25) is 10.0 Å². The molecule has 1 atom stereocenters. The third-order valence-corrected chi connectivity index (χ3v) is 7.52. The zero-order valence-corrected chi connectivity index (χ0v) is 23.8. The van der Waals surface area contributed by atoms with Crippen molar-refractivity contribution in [2.24, 2.45) is 0 Å². The van der Waals surface area contributed by atoms with E-state index in [0.29, 0.717) is 48.0 Å². The van der Waals surface area contributed by atoms with Gasteiger partial charge < -0.3 is 35.8 Å². The van der Waals surface area contributed by atoms with Crippen molar-refractivity contribution in [3.05, 3.63) is 87.9 Å². The lowest BCUT2D eigenvalue weighted by molar-refractivity contribution is 0.106. The van der Waals surface area contributed by atoms with Gasteiger partial charge in [0.05, 0.1) is 10.0 Å². The Morgan fingerprint density at radius 3 is 2.38 bits per heavy atom. The van der Waals surface area contributed by atoms with Gasteiger partial charge in [0.15, 0.2) is 0 Å². The molecule has 1 aliphatic heterocycles. The van der Waals surface area contributed by atoms with E-state index in [-0.39, 0.29) is 18.4 Å². The van der Waals surface area contributed by atoms with Crippen molar-refractivity contribution in [3.63, 3.8) is 0 Å². The number of aliphatic hydroxyl groups excluding tert-OH is 1. The minimum atomic E-state index is -0.625. The van der Waals surface area contributed by atoms with Crippen LogP contribution in [-0.4, -0.2) is 66.1 Å². The lowest BCUT2D eigenvalue weighted by Gasteiger charge is -2.33. The van der Waals surface area contributed by atoms with Crippen molar-refractivity contribution in [3.8, 4) is 11.5 Å². The van der Waals surface area contributed by atoms with Crippen molar-refractivity contribution in [2.75, 3.05) is 38.1 Å². The molecule has 8 nitrogen and oxygen atoms in total. The number of piperidine rings is 1. The summed E-state index contributed by atoms with van der Waals surface area (Å²) in [6.07, 6.45) is 1.98. The first-order valence-corrected chi connectivity index (χ1v) is 14.2. The zero-order chi connectivity index (χ0) is 28.3. The van der Waals surface area contributed by atoms with Crippen LogP contribution >= 0.6 is 23.2 Å². The highest BCUT2D eigenvalue weighted by molar-refractivity contribution is 6.42. The topological polar surface area (TPSA) is 106 Å². The second kappa shape index (κ2) is 15.0. The zero-order valence-electron chi connectivity index (χ0n) is 22.3. The van der Waals surface area contributed by atoms with Gasteiger partial charge in [-0.15, -0.1) is 0 Å². The number of carbonyl (C=O) groups excluding carboxylic acids is 1. The number of nitrogens with one attached hydrogen (secondary N) is 3. The first-order valence-electron chi connectivity index (χ1n) is 13.5. The van der Waals surface area contributed by atoms with Gasteiger partial charge in [0, 0.05) is 37.9 Å². The molecule has 0 radical (unpaired) electrons. The van der Waals surface area contributed by atoms with Crippen LogP contribution < -0.4 is 20.7 Å². The predicted molar refractivity (Wildman–Crippen MR) is 160 cm³/mol. The van der Waals surface area contributed by atoms with Crippen LogP contribution in [0.25, 0.3) is 0 Å². The number of phenols is 1. The number of phenolic OH excluding ortho intramolecular Hbond substituents is 1. The average molecular weight is 588 g/mol. The fourth-order valence-electron chi connectivity index (χ4n) is 4.46. The number of amides is 2. The maximum atomic E-state index is 12.6. The summed E-state index contributed by atoms with van der Waals surface area (Å²) >= 11 is 12.0. The highest BCUT2D eigenvalue weighted by Crippen LogP contribution is 2.23. The second-order valence-electron chi connectivity index (χ2n) is 9.92. The van der Waals surface area contributed by atoms with Crippen molar-refractivity contribution in [2.45, 2.75) is 38.0 Å². The van der Waals surface area contributed by atoms with E-state index < -0.39 is 6.10 Å². The number of hydrogen-bond donors (Lipinski definition) is 5. The van der Waals surface area contributed by atoms with E-state index >= 15 is 0 Å². The number of benzene rings is 3. The molecule has 0 aliphatic carbocycles. The van der Waals surface area contributed by atoms with E-state index in [1.807, 2.05) is 11.0 Å². The summed E-state index contributed by atoms with van der Waals surface area (Å²) in [6, 6.07) is 20.4. The molecule has 1 fully saturated rings. The monoisotopic (exact) mass is 586 g/mol. The molecule has 0 aromatic heterocycles. The van der Waals surface area contributed by atoms with Gasteiger partial charge in [-0.3, -0.25) is 0 Å². The molecule has 3 aromatic carbocycles. The number of anilines is 1. The summed E-state index contributed by atoms with van der Waals surface area (Å²) < 4.78 is 5.53. The van der Waals surface area contributed by atoms with Gasteiger partial charge in [-0.1, -0.05) is 41.4 Å². The molecule has 40 heavy (non-hydrogen) atoms. The molecule has 1 unspecified atom stereocenters. The van der Waals surface area contributed by atoms with E-state index in [1.165, 1.54) is 5.56 Å². The first kappa shape index (κ1) is 29.8. The van der Waals surface area contributed by atoms with E-state index in [0.717, 1.165) is 37.1 Å². The van der Waals surface area contributed by atoms with Gasteiger partial charge in [0.1, 0.15) is 24.2 Å². The molecule has 214 valence electrons. The van der Waals surface area contributed by atoms with E-state index in [1.54, 1.807) is 36.4 Å². The largest absolute Gasteiger partial charge is 0.508 e. The Bertz CT molecular complexity index is 1220. The van der Waals surface area contributed by atoms with Crippen LogP contribution in [-0.2, 0) is 13.0 Å². The molecule has 0 saturated carbocycles. The molecular weight excluding hydrogens is 551 g/mol. The Labute approximate surface area is 245 Å². The second-order valence-corrected chi connectivity index (χ2v) is 10.7. The molecule has 5 N–H and O–H groups in total. The standard InChI is InChI=1S/C30H36Cl2N4O4/c31-28-10-3-22(17-29(28)32)18-34-30(39)36-15-12-24(13-16-36)35-23-4-1-21(2-5-23)11-14-33-19-26(38)20-40-27-8-6-25(37)7-9-27/h1-10,17,24,26,33,35,37-38H,11-16,18-20H2,(H,34,39). The van der Waals surface area contributed by atoms with E-state index in [9.17, 15) is 15.0 Å². The Morgan fingerprint density at radius 2 is 1.68 bits per heavy atom. The minimum Gasteiger partial charge on any atom is -0.508 e. The van der Waals surface area contributed by atoms with Crippen molar-refractivity contribution in [1.29, 1.82) is 0 Å². The quantitative estimate of drug-likeness (QED) is 0.190. The lowest BCUT2D eigenvalue weighted by Crippen LogP contribution is -2.46. The molecule has 1 saturated heterocycles. The molecule has 3 aromatic rings. The molecule has 0 bridgehead atoms. The molecule has 10 heteroatoms. The third-order valence-electron chi connectivity index (χ3n) is 6.78. The Kier molecular flexibility index (Phi) is 11.2. The molecule has 2 amide bonds. The van der Waals surface area contributed by atoms with Gasteiger partial charge in [-0.05, 0) is 85.5 Å². The maximum absolute atomic E-state index is 12.6. The maximum Gasteiger partial charge on any atom is 0.317 e. The third kappa shape index (κ3) is 9.48. The number of likely N-dealkylation sites (tertiary alicyclic amines) is 1. The number of aromatic hydroxyl groups is 1. The van der Waals surface area contributed by atoms with E-state index in [4.69, 9.17) is 27.9 Å². The Hall–Kier alpha value is -3.17. The van der Waals surface area contributed by atoms with Gasteiger partial charge in [0.2, 0.25) is 0 Å². The summed E-state index contributed by atoms with van der Waals surface area (Å²) in [5.74, 6) is 0.789. The van der Waals surface area contributed by atoms with Crippen molar-refractivity contribution in [1.82, 2.24) is 15.5 Å². The summed E-state index contributed by atoms with van der Waals surface area (Å²) in [7, 11) is 0. The number of urea groups is 1. The molecule has 0 spiro atoms. The molecule has 4 rings (SSSR count). The van der Waals surface area contributed by atoms with Crippen LogP contribution in [0.15, 0.2) is 66.7 Å². The average Bonchev–Trinajstić information content (AvgIpc) is 2.96. The SMILES string of the molecule is O=C(NCc1ccc(Cl)c(Cl)c1)N1CCC(Nc2ccc(CCNCC(O)COc3ccc(O)cc3)cc2)CC1. The summed E-state index contributed by atoms with van der Waals surface area (Å²) in [5.41, 5.74) is 3.19. The fraction of sp³-hybridized carbons (Fsp3) is 0.367. The minimum absolute atomic E-state index is 0.0696. The van der Waals surface area contributed by atoms with Gasteiger partial charge in [-0.2, -0.15) is 0 Å². The predicted octanol–water partition coefficient (Wildman–Crippen LogP) is 5.06. The molecule has 1 heterocycles. The number of hydrogen-bond acceptors (Lipinski definition) is 6.